The van der Waals surface area contributed by atoms with Crippen molar-refractivity contribution in [3.05, 3.63) is 63.9 Å². The quantitative estimate of drug-likeness (QED) is 0.925. The molecule has 1 aromatic carbocycles. The van der Waals surface area contributed by atoms with Gasteiger partial charge in [-0.15, -0.1) is 10.2 Å². The van der Waals surface area contributed by atoms with Crippen LogP contribution in [0.5, 0.6) is 0 Å². The van der Waals surface area contributed by atoms with Crippen molar-refractivity contribution >= 4 is 23.2 Å². The number of benzene rings is 1. The fourth-order valence-corrected chi connectivity index (χ4v) is 2.92. The van der Waals surface area contributed by atoms with Gasteiger partial charge < -0.3 is 0 Å². The number of hydrogen-bond donors (Lipinski definition) is 1. The summed E-state index contributed by atoms with van der Waals surface area (Å²) in [4.78, 5) is 0. The molecule has 1 N–H and O–H groups in total. The summed E-state index contributed by atoms with van der Waals surface area (Å²) in [5, 5.41) is 15.7. The molecule has 0 radical (unpaired) electrons. The molecule has 3 rings (SSSR count). The fraction of sp³-hybridized carbons (Fsp3) is 0.154. The van der Waals surface area contributed by atoms with E-state index < -0.39 is 5.41 Å². The van der Waals surface area contributed by atoms with Gasteiger partial charge in [-0.05, 0) is 30.2 Å². The van der Waals surface area contributed by atoms with E-state index in [0.717, 1.165) is 5.56 Å². The molecule has 1 unspecified atom stereocenters. The van der Waals surface area contributed by atoms with Gasteiger partial charge in [0.05, 0.1) is 5.41 Å². The number of aromatic nitrogens is 4. The van der Waals surface area contributed by atoms with E-state index in [0.29, 0.717) is 22.3 Å². The van der Waals surface area contributed by atoms with Gasteiger partial charge in [-0.25, -0.2) is 0 Å². The van der Waals surface area contributed by atoms with Crippen LogP contribution >= 0.6 is 23.2 Å². The first-order valence-electron chi connectivity index (χ1n) is 5.76. The van der Waals surface area contributed by atoms with Crippen LogP contribution in [-0.2, 0) is 5.41 Å². The molecule has 1 atom stereocenters. The lowest BCUT2D eigenvalue weighted by Crippen LogP contribution is -2.28. The molecule has 0 bridgehead atoms. The number of tetrazole rings is 1. The van der Waals surface area contributed by atoms with Crippen LogP contribution in [0.1, 0.15) is 17.8 Å². The number of nitrogens with zero attached hydrogens (tertiary/aromatic N) is 3. The van der Waals surface area contributed by atoms with Crippen molar-refractivity contribution < 1.29 is 0 Å². The van der Waals surface area contributed by atoms with Crippen LogP contribution in [-0.4, -0.2) is 20.6 Å². The maximum atomic E-state index is 6.33. The Morgan fingerprint density at radius 1 is 1.21 bits per heavy atom. The van der Waals surface area contributed by atoms with Crippen LogP contribution in [0.2, 0.25) is 5.02 Å². The van der Waals surface area contributed by atoms with Crippen LogP contribution in [0.25, 0.3) is 0 Å². The summed E-state index contributed by atoms with van der Waals surface area (Å²) in [5.41, 5.74) is 0.345. The molecule has 6 heteroatoms. The lowest BCUT2D eigenvalue weighted by Gasteiger charge is -2.30. The zero-order valence-corrected chi connectivity index (χ0v) is 11.4. The van der Waals surface area contributed by atoms with E-state index in [1.54, 1.807) is 0 Å². The summed E-state index contributed by atoms with van der Waals surface area (Å²) in [5.74, 6) is 0.558. The van der Waals surface area contributed by atoms with Crippen molar-refractivity contribution in [1.82, 2.24) is 20.6 Å². The lowest BCUT2D eigenvalue weighted by atomic mass is 9.74. The van der Waals surface area contributed by atoms with Crippen LogP contribution in [0.3, 0.4) is 0 Å². The first-order valence-corrected chi connectivity index (χ1v) is 6.52. The van der Waals surface area contributed by atoms with Gasteiger partial charge >= 0.3 is 0 Å². The zero-order chi connectivity index (χ0) is 13.3. The summed E-state index contributed by atoms with van der Waals surface area (Å²) >= 11 is 12.5. The van der Waals surface area contributed by atoms with Crippen molar-refractivity contribution in [2.75, 3.05) is 0 Å². The summed E-state index contributed by atoms with van der Waals surface area (Å²) in [7, 11) is 0. The number of nitrogens with one attached hydrogen (secondary N) is 1. The van der Waals surface area contributed by atoms with Gasteiger partial charge in [-0.2, -0.15) is 5.21 Å². The Morgan fingerprint density at radius 3 is 2.74 bits per heavy atom. The first-order chi connectivity index (χ1) is 9.22. The van der Waals surface area contributed by atoms with Crippen molar-refractivity contribution in [1.29, 1.82) is 0 Å². The lowest BCUT2D eigenvalue weighted by molar-refractivity contribution is 0.599. The van der Waals surface area contributed by atoms with Gasteiger partial charge in [0, 0.05) is 10.1 Å². The highest BCUT2D eigenvalue weighted by atomic mass is 35.5. The molecule has 0 fully saturated rings. The van der Waals surface area contributed by atoms with Crippen molar-refractivity contribution in [2.24, 2.45) is 0 Å². The minimum absolute atomic E-state index is 0.558. The van der Waals surface area contributed by atoms with Crippen LogP contribution in [0.4, 0.5) is 0 Å². The predicted molar refractivity (Wildman–Crippen MR) is 74.1 cm³/mol. The molecule has 96 valence electrons. The smallest absolute Gasteiger partial charge is 0.177 e. The summed E-state index contributed by atoms with van der Waals surface area (Å²) in [6.07, 6.45) is 6.45. The van der Waals surface area contributed by atoms with E-state index in [-0.39, 0.29) is 0 Å². The molecule has 0 aliphatic heterocycles. The molecule has 19 heavy (non-hydrogen) atoms. The maximum Gasteiger partial charge on any atom is 0.189 e. The highest BCUT2D eigenvalue weighted by molar-refractivity contribution is 6.32. The Labute approximate surface area is 120 Å². The summed E-state index contributed by atoms with van der Waals surface area (Å²) in [6.45, 7) is 0. The predicted octanol–water partition coefficient (Wildman–Crippen LogP) is 3.22. The molecule has 1 aliphatic rings. The number of allylic oxidation sites excluding steroid dienone is 4. The third-order valence-corrected chi connectivity index (χ3v) is 3.76. The largest absolute Gasteiger partial charge is 0.189 e. The number of rotatable bonds is 2. The summed E-state index contributed by atoms with van der Waals surface area (Å²) < 4.78 is 0. The highest BCUT2D eigenvalue weighted by Crippen LogP contribution is 2.42. The zero-order valence-electron chi connectivity index (χ0n) is 9.85. The van der Waals surface area contributed by atoms with Crippen LogP contribution in [0.15, 0.2) is 47.5 Å². The standard InChI is InChI=1S/C13H10Cl2N4/c14-9-4-3-7-13(8-9,12-16-18-19-17-12)10-5-1-2-6-11(10)15/h1-6,8H,7H2,(H,16,17,18,19). The summed E-state index contributed by atoms with van der Waals surface area (Å²) in [6, 6.07) is 7.63. The molecule has 2 aromatic rings. The second kappa shape index (κ2) is 4.79. The van der Waals surface area contributed by atoms with Crippen molar-refractivity contribution in [2.45, 2.75) is 11.8 Å². The minimum Gasteiger partial charge on any atom is -0.177 e. The van der Waals surface area contributed by atoms with E-state index in [4.69, 9.17) is 23.2 Å². The molecule has 0 spiro atoms. The van der Waals surface area contributed by atoms with Crippen molar-refractivity contribution in [3.8, 4) is 0 Å². The van der Waals surface area contributed by atoms with E-state index in [1.807, 2.05) is 42.5 Å². The Kier molecular flexibility index (Phi) is 3.12. The molecule has 0 amide bonds. The molecular formula is C13H10Cl2N4. The maximum absolute atomic E-state index is 6.33. The topological polar surface area (TPSA) is 54.5 Å². The van der Waals surface area contributed by atoms with E-state index >= 15 is 0 Å². The second-order valence-corrected chi connectivity index (χ2v) is 5.17. The van der Waals surface area contributed by atoms with Gasteiger partial charge in [-0.1, -0.05) is 52.7 Å². The Hall–Kier alpha value is -1.65. The third-order valence-electron chi connectivity index (χ3n) is 3.20. The van der Waals surface area contributed by atoms with Gasteiger partial charge in [0.25, 0.3) is 0 Å². The van der Waals surface area contributed by atoms with E-state index in [2.05, 4.69) is 20.6 Å². The molecule has 0 saturated carbocycles. The Balaban J connectivity index is 2.24. The van der Waals surface area contributed by atoms with Gasteiger partial charge in [0.1, 0.15) is 0 Å². The molecule has 4 nitrogen and oxygen atoms in total. The number of halogens is 2. The van der Waals surface area contributed by atoms with Crippen molar-refractivity contribution in [3.63, 3.8) is 0 Å². The van der Waals surface area contributed by atoms with Crippen LogP contribution < -0.4 is 0 Å². The Bertz CT molecular complexity index is 648. The normalized spacial score (nSPS) is 22.3. The molecule has 1 aliphatic carbocycles. The van der Waals surface area contributed by atoms with Gasteiger partial charge in [-0.3, -0.25) is 0 Å². The molecule has 1 heterocycles. The Morgan fingerprint density at radius 2 is 2.05 bits per heavy atom. The van der Waals surface area contributed by atoms with Gasteiger partial charge in [0.15, 0.2) is 5.82 Å². The monoisotopic (exact) mass is 292 g/mol. The fourth-order valence-electron chi connectivity index (χ4n) is 2.34. The van der Waals surface area contributed by atoms with Crippen LogP contribution in [0, 0.1) is 0 Å². The molecule has 0 saturated heterocycles. The molecule has 1 aromatic heterocycles. The third kappa shape index (κ3) is 2.07. The minimum atomic E-state index is -0.572. The van der Waals surface area contributed by atoms with Gasteiger partial charge in [0.2, 0.25) is 0 Å². The number of aromatic amines is 1. The SMILES string of the molecule is ClC1=CC(c2nn[nH]n2)(c2ccccc2Cl)CC=C1. The number of H-pyrrole nitrogens is 1. The average Bonchev–Trinajstić information content (AvgIpc) is 2.93. The second-order valence-electron chi connectivity index (χ2n) is 4.32. The highest BCUT2D eigenvalue weighted by Gasteiger charge is 2.38. The number of hydrogen-bond acceptors (Lipinski definition) is 3. The molecular weight excluding hydrogens is 283 g/mol. The first kappa shape index (κ1) is 12.4. The average molecular weight is 293 g/mol. The van der Waals surface area contributed by atoms with E-state index in [1.165, 1.54) is 0 Å². The van der Waals surface area contributed by atoms with E-state index in [9.17, 15) is 0 Å².